The maximum absolute atomic E-state index is 13.6. The molecule has 5 aromatic rings. The van der Waals surface area contributed by atoms with Gasteiger partial charge in [0.1, 0.15) is 5.82 Å². The van der Waals surface area contributed by atoms with Crippen molar-refractivity contribution in [1.29, 1.82) is 0 Å². The summed E-state index contributed by atoms with van der Waals surface area (Å²) in [5, 5.41) is 3.25. The van der Waals surface area contributed by atoms with Gasteiger partial charge in [0.15, 0.2) is 0 Å². The quantitative estimate of drug-likeness (QED) is 0.345. The van der Waals surface area contributed by atoms with E-state index in [1.54, 1.807) is 16.7 Å². The number of benzene rings is 1. The normalized spacial score (nSPS) is 18.0. The second-order valence-electron chi connectivity index (χ2n) is 7.77. The monoisotopic (exact) mass is 431 g/mol. The Labute approximate surface area is 179 Å². The molecular formula is C24H15F2N3OS. The largest absolute Gasteiger partial charge is 0.311 e. The van der Waals surface area contributed by atoms with Crippen LogP contribution in [0.1, 0.15) is 24.1 Å². The van der Waals surface area contributed by atoms with Crippen molar-refractivity contribution in [3.05, 3.63) is 94.1 Å². The number of pyridine rings is 3. The molecule has 0 N–H and O–H groups in total. The van der Waals surface area contributed by atoms with Crippen molar-refractivity contribution in [1.82, 2.24) is 14.5 Å². The zero-order valence-corrected chi connectivity index (χ0v) is 16.9. The summed E-state index contributed by atoms with van der Waals surface area (Å²) < 4.78 is 29.7. The molecule has 6 rings (SSSR count). The fourth-order valence-electron chi connectivity index (χ4n) is 4.23. The third kappa shape index (κ3) is 3.04. The molecule has 4 aromatic heterocycles. The minimum absolute atomic E-state index is 0.0178. The molecule has 4 nitrogen and oxygen atoms in total. The van der Waals surface area contributed by atoms with E-state index in [4.69, 9.17) is 0 Å². The highest BCUT2D eigenvalue weighted by atomic mass is 32.1. The lowest BCUT2D eigenvalue weighted by Crippen LogP contribution is -2.18. The lowest BCUT2D eigenvalue weighted by molar-refractivity contribution is 0.584. The van der Waals surface area contributed by atoms with Gasteiger partial charge < -0.3 is 4.57 Å². The second kappa shape index (κ2) is 6.78. The first-order valence-corrected chi connectivity index (χ1v) is 10.8. The topological polar surface area (TPSA) is 47.8 Å². The van der Waals surface area contributed by atoms with Crippen LogP contribution in [0.2, 0.25) is 0 Å². The first kappa shape index (κ1) is 18.3. The number of fused-ring (bicyclic) bond motifs is 2. The summed E-state index contributed by atoms with van der Waals surface area (Å²) in [5.41, 5.74) is 2.93. The number of halogens is 2. The van der Waals surface area contributed by atoms with E-state index in [1.807, 2.05) is 29.8 Å². The molecule has 31 heavy (non-hydrogen) atoms. The van der Waals surface area contributed by atoms with Crippen molar-refractivity contribution in [3.63, 3.8) is 0 Å². The van der Waals surface area contributed by atoms with Crippen LogP contribution in [-0.2, 0) is 0 Å². The number of nitrogens with zero attached hydrogens (tertiary/aromatic N) is 3. The molecule has 2 atom stereocenters. The third-order valence-corrected chi connectivity index (χ3v) is 6.81. The summed E-state index contributed by atoms with van der Waals surface area (Å²) in [6.07, 6.45) is 4.05. The molecule has 1 aromatic carbocycles. The lowest BCUT2D eigenvalue weighted by atomic mass is 10.1. The van der Waals surface area contributed by atoms with Crippen LogP contribution < -0.4 is 5.56 Å². The van der Waals surface area contributed by atoms with E-state index >= 15 is 0 Å². The Hall–Kier alpha value is -3.45. The maximum atomic E-state index is 13.6. The number of hydrogen-bond donors (Lipinski definition) is 0. The van der Waals surface area contributed by atoms with Crippen LogP contribution in [0, 0.1) is 11.8 Å². The Balaban J connectivity index is 1.39. The molecule has 0 aliphatic heterocycles. The van der Waals surface area contributed by atoms with E-state index in [2.05, 4.69) is 9.97 Å². The Morgan fingerprint density at radius 1 is 1.06 bits per heavy atom. The average molecular weight is 431 g/mol. The molecule has 4 heterocycles. The molecule has 1 saturated carbocycles. The van der Waals surface area contributed by atoms with Gasteiger partial charge in [0.05, 0.1) is 10.9 Å². The predicted octanol–water partition coefficient (Wildman–Crippen LogP) is 5.68. The van der Waals surface area contributed by atoms with Gasteiger partial charge in [-0.05, 0) is 48.4 Å². The Morgan fingerprint density at radius 3 is 2.84 bits per heavy atom. The predicted molar refractivity (Wildman–Crippen MR) is 117 cm³/mol. The summed E-state index contributed by atoms with van der Waals surface area (Å²) in [7, 11) is 0. The fraction of sp³-hybridized carbons (Fsp3) is 0.125. The molecule has 0 radical (unpaired) electrons. The van der Waals surface area contributed by atoms with Crippen LogP contribution in [0.25, 0.3) is 32.1 Å². The summed E-state index contributed by atoms with van der Waals surface area (Å²) in [4.78, 5) is 21.7. The highest BCUT2D eigenvalue weighted by molar-refractivity contribution is 7.17. The number of rotatable bonds is 3. The first-order chi connectivity index (χ1) is 15.1. The minimum atomic E-state index is -0.572. The molecular weight excluding hydrogens is 416 g/mol. The van der Waals surface area contributed by atoms with Gasteiger partial charge in [0, 0.05) is 57.1 Å². The van der Waals surface area contributed by atoms with Gasteiger partial charge in [-0.2, -0.15) is 4.39 Å². The molecule has 0 bridgehead atoms. The Kier molecular flexibility index (Phi) is 4.01. The molecule has 0 spiro atoms. The molecule has 2 unspecified atom stereocenters. The highest BCUT2D eigenvalue weighted by Crippen LogP contribution is 2.50. The van der Waals surface area contributed by atoms with Crippen LogP contribution in [0.3, 0.4) is 0 Å². The van der Waals surface area contributed by atoms with Gasteiger partial charge in [-0.1, -0.05) is 6.07 Å². The minimum Gasteiger partial charge on any atom is -0.311 e. The number of thiophene rings is 1. The van der Waals surface area contributed by atoms with E-state index in [0.717, 1.165) is 33.3 Å². The van der Waals surface area contributed by atoms with Crippen molar-refractivity contribution < 1.29 is 8.78 Å². The summed E-state index contributed by atoms with van der Waals surface area (Å²) in [6.45, 7) is 0. The van der Waals surface area contributed by atoms with E-state index in [-0.39, 0.29) is 23.3 Å². The number of hydrogen-bond acceptors (Lipinski definition) is 4. The molecule has 1 fully saturated rings. The first-order valence-electron chi connectivity index (χ1n) is 9.89. The van der Waals surface area contributed by atoms with Crippen LogP contribution in [0.4, 0.5) is 8.78 Å². The Morgan fingerprint density at radius 2 is 1.97 bits per heavy atom. The fourth-order valence-corrected chi connectivity index (χ4v) is 5.18. The number of aromatic nitrogens is 3. The average Bonchev–Trinajstić information content (AvgIpc) is 3.43. The Bertz CT molecular complexity index is 1540. The molecule has 0 amide bonds. The van der Waals surface area contributed by atoms with Gasteiger partial charge in [-0.15, -0.1) is 11.3 Å². The van der Waals surface area contributed by atoms with E-state index in [9.17, 15) is 13.6 Å². The zero-order valence-electron chi connectivity index (χ0n) is 16.1. The van der Waals surface area contributed by atoms with Gasteiger partial charge >= 0.3 is 0 Å². The molecule has 1 aliphatic carbocycles. The maximum Gasteiger partial charge on any atom is 0.260 e. The molecule has 0 saturated heterocycles. The summed E-state index contributed by atoms with van der Waals surface area (Å²) in [5.74, 6) is -0.727. The van der Waals surface area contributed by atoms with Gasteiger partial charge in [0.25, 0.3) is 5.56 Å². The van der Waals surface area contributed by atoms with Crippen LogP contribution in [-0.4, -0.2) is 14.5 Å². The van der Waals surface area contributed by atoms with Crippen molar-refractivity contribution >= 4 is 32.3 Å². The van der Waals surface area contributed by atoms with Crippen LogP contribution in [0.15, 0.2) is 71.1 Å². The van der Waals surface area contributed by atoms with Crippen molar-refractivity contribution in [2.45, 2.75) is 18.4 Å². The second-order valence-corrected chi connectivity index (χ2v) is 8.68. The lowest BCUT2D eigenvalue weighted by Gasteiger charge is -2.07. The summed E-state index contributed by atoms with van der Waals surface area (Å²) >= 11 is 1.47. The molecule has 1 aliphatic rings. The summed E-state index contributed by atoms with van der Waals surface area (Å²) in [6, 6.07) is 13.3. The van der Waals surface area contributed by atoms with E-state index < -0.39 is 5.95 Å². The molecule has 7 heteroatoms. The van der Waals surface area contributed by atoms with Gasteiger partial charge in [-0.25, -0.2) is 9.37 Å². The van der Waals surface area contributed by atoms with Crippen molar-refractivity contribution in [2.75, 3.05) is 0 Å². The van der Waals surface area contributed by atoms with Gasteiger partial charge in [0.2, 0.25) is 5.95 Å². The molecule has 152 valence electrons. The smallest absolute Gasteiger partial charge is 0.260 e. The van der Waals surface area contributed by atoms with Crippen LogP contribution >= 0.6 is 11.3 Å². The SMILES string of the molecule is O=c1c2c(-c3ccnc(F)c3)csc2ccn1C1CC1c1ccc2cc(F)ccc2n1. The third-order valence-electron chi connectivity index (χ3n) is 5.86. The van der Waals surface area contributed by atoms with E-state index in [1.165, 1.54) is 35.7 Å². The van der Waals surface area contributed by atoms with Crippen molar-refractivity contribution in [2.24, 2.45) is 0 Å². The van der Waals surface area contributed by atoms with Crippen molar-refractivity contribution in [3.8, 4) is 11.1 Å². The standard InChI is InChI=1S/C24H15F2N3OS/c25-15-2-4-18-14(9-15)1-3-19(28-18)16-11-20(16)29-8-6-21-23(24(29)30)17(12-31-21)13-5-7-27-22(26)10-13/h1-10,12,16,20H,11H2. The zero-order chi connectivity index (χ0) is 21.1. The van der Waals surface area contributed by atoms with Gasteiger partial charge in [-0.3, -0.25) is 9.78 Å². The van der Waals surface area contributed by atoms with Crippen LogP contribution in [0.5, 0.6) is 0 Å². The highest BCUT2D eigenvalue weighted by Gasteiger charge is 2.41. The van der Waals surface area contributed by atoms with E-state index in [0.29, 0.717) is 10.9 Å².